The molecule has 0 atom stereocenters. The van der Waals surface area contributed by atoms with Gasteiger partial charge in [0, 0.05) is 18.8 Å². The van der Waals surface area contributed by atoms with E-state index in [-0.39, 0.29) is 11.0 Å². The van der Waals surface area contributed by atoms with Crippen molar-refractivity contribution in [2.75, 3.05) is 43.4 Å². The molecule has 0 aliphatic carbocycles. The topological polar surface area (TPSA) is 75.2 Å². The Morgan fingerprint density at radius 2 is 1.96 bits per heavy atom. The van der Waals surface area contributed by atoms with Gasteiger partial charge in [-0.25, -0.2) is 4.39 Å². The number of nitrogens with zero attached hydrogens (tertiary/aromatic N) is 4. The van der Waals surface area contributed by atoms with Crippen LogP contribution < -0.4 is 15.4 Å². The first-order valence-corrected chi connectivity index (χ1v) is 9.09. The number of rotatable bonds is 8. The van der Waals surface area contributed by atoms with Gasteiger partial charge in [0.15, 0.2) is 0 Å². The summed E-state index contributed by atoms with van der Waals surface area (Å²) >= 11 is 5.81. The zero-order chi connectivity index (χ0) is 18.4. The lowest BCUT2D eigenvalue weighted by molar-refractivity contribution is 0.312. The van der Waals surface area contributed by atoms with Crippen LogP contribution in [0, 0.1) is 5.82 Å². The Hall–Kier alpha value is -2.19. The largest absolute Gasteiger partial charge is 0.464 e. The highest BCUT2D eigenvalue weighted by Crippen LogP contribution is 2.22. The van der Waals surface area contributed by atoms with Crippen LogP contribution in [0.15, 0.2) is 18.2 Å². The first-order chi connectivity index (χ1) is 12.6. The highest BCUT2D eigenvalue weighted by atomic mass is 35.5. The minimum absolute atomic E-state index is 0.0260. The molecule has 0 spiro atoms. The van der Waals surface area contributed by atoms with E-state index in [1.54, 1.807) is 6.07 Å². The number of benzene rings is 1. The van der Waals surface area contributed by atoms with Crippen molar-refractivity contribution in [1.82, 2.24) is 19.9 Å². The fourth-order valence-corrected chi connectivity index (χ4v) is 2.90. The Morgan fingerprint density at radius 3 is 2.69 bits per heavy atom. The molecule has 0 radical (unpaired) electrons. The van der Waals surface area contributed by atoms with Gasteiger partial charge in [0.05, 0.1) is 11.6 Å². The SMILES string of the molecule is CCOc1nc(NCCN2CCCC2)nc(Nc2ccc(F)c(Cl)c2)n1. The van der Waals surface area contributed by atoms with E-state index in [1.807, 2.05) is 6.92 Å². The van der Waals surface area contributed by atoms with E-state index in [0.29, 0.717) is 24.2 Å². The molecule has 2 heterocycles. The lowest BCUT2D eigenvalue weighted by Gasteiger charge is -2.15. The molecule has 1 aliphatic rings. The molecule has 2 N–H and O–H groups in total. The monoisotopic (exact) mass is 380 g/mol. The molecule has 9 heteroatoms. The number of halogens is 2. The Kier molecular flexibility index (Phi) is 6.40. The maximum Gasteiger partial charge on any atom is 0.323 e. The smallest absolute Gasteiger partial charge is 0.323 e. The Labute approximate surface area is 157 Å². The first-order valence-electron chi connectivity index (χ1n) is 8.71. The van der Waals surface area contributed by atoms with E-state index in [4.69, 9.17) is 16.3 Å². The quantitative estimate of drug-likeness (QED) is 0.727. The number of hydrogen-bond acceptors (Lipinski definition) is 7. The van der Waals surface area contributed by atoms with Crippen molar-refractivity contribution in [3.63, 3.8) is 0 Å². The predicted molar refractivity (Wildman–Crippen MR) is 99.9 cm³/mol. The number of hydrogen-bond donors (Lipinski definition) is 2. The van der Waals surface area contributed by atoms with E-state index in [0.717, 1.165) is 26.2 Å². The van der Waals surface area contributed by atoms with Crippen molar-refractivity contribution >= 4 is 29.2 Å². The van der Waals surface area contributed by atoms with E-state index in [9.17, 15) is 4.39 Å². The summed E-state index contributed by atoms with van der Waals surface area (Å²) in [4.78, 5) is 15.2. The molecule has 1 aliphatic heterocycles. The molecule has 0 unspecified atom stereocenters. The van der Waals surface area contributed by atoms with Crippen molar-refractivity contribution in [3.05, 3.63) is 29.0 Å². The second-order valence-electron chi connectivity index (χ2n) is 5.93. The van der Waals surface area contributed by atoms with Crippen molar-refractivity contribution < 1.29 is 9.13 Å². The fraction of sp³-hybridized carbons (Fsp3) is 0.471. The van der Waals surface area contributed by atoms with Gasteiger partial charge in [-0.2, -0.15) is 15.0 Å². The molecule has 1 aromatic heterocycles. The summed E-state index contributed by atoms with van der Waals surface area (Å²) in [6, 6.07) is 4.54. The lowest BCUT2D eigenvalue weighted by atomic mass is 10.3. The maximum atomic E-state index is 13.3. The molecule has 140 valence electrons. The lowest BCUT2D eigenvalue weighted by Crippen LogP contribution is -2.26. The third kappa shape index (κ3) is 5.15. The van der Waals surface area contributed by atoms with Crippen molar-refractivity contribution in [2.24, 2.45) is 0 Å². The molecule has 0 bridgehead atoms. The van der Waals surface area contributed by atoms with Crippen LogP contribution in [0.3, 0.4) is 0 Å². The van der Waals surface area contributed by atoms with Crippen molar-refractivity contribution in [2.45, 2.75) is 19.8 Å². The Balaban J connectivity index is 1.69. The summed E-state index contributed by atoms with van der Waals surface area (Å²) < 4.78 is 18.7. The Bertz CT molecular complexity index is 741. The third-order valence-electron chi connectivity index (χ3n) is 3.97. The van der Waals surface area contributed by atoms with Crippen LogP contribution in [0.25, 0.3) is 0 Å². The van der Waals surface area contributed by atoms with Gasteiger partial charge >= 0.3 is 6.01 Å². The summed E-state index contributed by atoms with van der Waals surface area (Å²) in [5, 5.41) is 6.23. The van der Waals surface area contributed by atoms with Gasteiger partial charge in [0.1, 0.15) is 5.82 Å². The summed E-state index contributed by atoms with van der Waals surface area (Å²) in [6.07, 6.45) is 2.52. The minimum atomic E-state index is -0.480. The van der Waals surface area contributed by atoms with E-state index in [2.05, 4.69) is 30.5 Å². The molecule has 1 saturated heterocycles. The first kappa shape index (κ1) is 18.6. The van der Waals surface area contributed by atoms with Gasteiger partial charge in [-0.1, -0.05) is 11.6 Å². The average molecular weight is 381 g/mol. The van der Waals surface area contributed by atoms with Gasteiger partial charge in [0.25, 0.3) is 0 Å². The third-order valence-corrected chi connectivity index (χ3v) is 4.26. The van der Waals surface area contributed by atoms with Crippen LogP contribution in [0.4, 0.5) is 22.0 Å². The van der Waals surface area contributed by atoms with E-state index < -0.39 is 5.82 Å². The van der Waals surface area contributed by atoms with Crippen LogP contribution in [0.5, 0.6) is 6.01 Å². The molecule has 0 amide bonds. The van der Waals surface area contributed by atoms with Gasteiger partial charge < -0.3 is 20.3 Å². The highest BCUT2D eigenvalue weighted by Gasteiger charge is 2.12. The molecule has 2 aromatic rings. The fourth-order valence-electron chi connectivity index (χ4n) is 2.72. The van der Waals surface area contributed by atoms with Gasteiger partial charge in [-0.05, 0) is 51.1 Å². The molecule has 1 fully saturated rings. The molecule has 0 saturated carbocycles. The van der Waals surface area contributed by atoms with Crippen LogP contribution >= 0.6 is 11.6 Å². The second kappa shape index (κ2) is 8.95. The number of nitrogens with one attached hydrogen (secondary N) is 2. The van der Waals surface area contributed by atoms with Gasteiger partial charge in [-0.15, -0.1) is 0 Å². The molecule has 1 aromatic carbocycles. The van der Waals surface area contributed by atoms with E-state index in [1.165, 1.54) is 25.0 Å². The molecular weight excluding hydrogens is 359 g/mol. The van der Waals surface area contributed by atoms with E-state index >= 15 is 0 Å². The minimum Gasteiger partial charge on any atom is -0.464 e. The number of likely N-dealkylation sites (tertiary alicyclic amines) is 1. The number of ether oxygens (including phenoxy) is 1. The van der Waals surface area contributed by atoms with Gasteiger partial charge in [0.2, 0.25) is 11.9 Å². The molecule has 3 rings (SSSR count). The average Bonchev–Trinajstić information content (AvgIpc) is 3.12. The summed E-state index contributed by atoms with van der Waals surface area (Å²) in [5.41, 5.74) is 0.577. The zero-order valence-electron chi connectivity index (χ0n) is 14.6. The van der Waals surface area contributed by atoms with Crippen molar-refractivity contribution in [3.8, 4) is 6.01 Å². The van der Waals surface area contributed by atoms with Crippen LogP contribution in [-0.4, -0.2) is 52.6 Å². The van der Waals surface area contributed by atoms with Crippen LogP contribution in [0.1, 0.15) is 19.8 Å². The second-order valence-corrected chi connectivity index (χ2v) is 6.33. The maximum absolute atomic E-state index is 13.3. The summed E-state index contributed by atoms with van der Waals surface area (Å²) in [5.74, 6) is 0.250. The predicted octanol–water partition coefficient (Wildman–Crippen LogP) is 3.31. The Morgan fingerprint density at radius 1 is 1.19 bits per heavy atom. The normalized spacial score (nSPS) is 14.4. The summed E-state index contributed by atoms with van der Waals surface area (Å²) in [7, 11) is 0. The molecule has 26 heavy (non-hydrogen) atoms. The van der Waals surface area contributed by atoms with Crippen molar-refractivity contribution in [1.29, 1.82) is 0 Å². The van der Waals surface area contributed by atoms with Crippen LogP contribution in [-0.2, 0) is 0 Å². The number of anilines is 3. The highest BCUT2D eigenvalue weighted by molar-refractivity contribution is 6.31. The standard InChI is InChI=1S/C17H22ClFN6O/c1-2-26-17-23-15(20-7-10-25-8-3-4-9-25)22-16(24-17)21-12-5-6-14(19)13(18)11-12/h5-6,11H,2-4,7-10H2,1H3,(H2,20,21,22,23,24). The zero-order valence-corrected chi connectivity index (χ0v) is 15.4. The number of aromatic nitrogens is 3. The van der Waals surface area contributed by atoms with Gasteiger partial charge in [-0.3, -0.25) is 0 Å². The molecule has 7 nitrogen and oxygen atoms in total. The summed E-state index contributed by atoms with van der Waals surface area (Å²) in [6.45, 7) is 6.25. The van der Waals surface area contributed by atoms with Crippen LogP contribution in [0.2, 0.25) is 5.02 Å². The molecular formula is C17H22ClFN6O.